The van der Waals surface area contributed by atoms with E-state index in [0.29, 0.717) is 6.92 Å². The van der Waals surface area contributed by atoms with Crippen molar-refractivity contribution in [2.24, 2.45) is 17.8 Å². The highest BCUT2D eigenvalue weighted by Gasteiger charge is 2.72. The highest BCUT2D eigenvalue weighted by atomic mass is 32.2. The molecule has 0 spiro atoms. The quantitative estimate of drug-likeness (QED) is 0.152. The molecule has 0 radical (unpaired) electrons. The highest BCUT2D eigenvalue weighted by Crippen LogP contribution is 2.51. The zero-order chi connectivity index (χ0) is 28.7. The van der Waals surface area contributed by atoms with E-state index in [9.17, 15) is 36.4 Å². The van der Waals surface area contributed by atoms with Crippen molar-refractivity contribution in [2.75, 3.05) is 0 Å². The van der Waals surface area contributed by atoms with Crippen molar-refractivity contribution in [3.8, 4) is 0 Å². The minimum Gasteiger partial charge on any atom is -0.455 e. The van der Waals surface area contributed by atoms with Crippen LogP contribution in [0.25, 0.3) is 0 Å². The lowest BCUT2D eigenvalue weighted by Gasteiger charge is -2.30. The van der Waals surface area contributed by atoms with Gasteiger partial charge in [0.25, 0.3) is 0 Å². The number of hydrogen-bond acceptors (Lipinski definition) is 12. The third-order valence-electron chi connectivity index (χ3n) is 6.29. The molecule has 16 heteroatoms. The topological polar surface area (TPSA) is 178 Å². The van der Waals surface area contributed by atoms with Gasteiger partial charge >= 0.3 is 39.2 Å². The highest BCUT2D eigenvalue weighted by molar-refractivity contribution is 7.86. The molecule has 38 heavy (non-hydrogen) atoms. The minimum absolute atomic E-state index is 0.210. The first-order valence-electron chi connectivity index (χ1n) is 11.9. The molecule has 0 aromatic carbocycles. The Bertz CT molecular complexity index is 1060. The number of halogens is 2. The summed E-state index contributed by atoms with van der Waals surface area (Å²) in [6, 6.07) is 0. The van der Waals surface area contributed by atoms with Crippen molar-refractivity contribution >= 4 is 34.0 Å². The zero-order valence-electron chi connectivity index (χ0n) is 21.2. The van der Waals surface area contributed by atoms with Gasteiger partial charge in [0.05, 0.1) is 18.9 Å². The van der Waals surface area contributed by atoms with Gasteiger partial charge in [0.15, 0.2) is 18.3 Å². The maximum absolute atomic E-state index is 13.5. The molecule has 3 aliphatic heterocycles. The van der Waals surface area contributed by atoms with Crippen LogP contribution in [0.15, 0.2) is 0 Å². The Labute approximate surface area is 217 Å². The number of rotatable bonds is 12. The van der Waals surface area contributed by atoms with E-state index in [-0.39, 0.29) is 12.0 Å². The van der Waals surface area contributed by atoms with E-state index in [2.05, 4.69) is 4.74 Å². The van der Waals surface area contributed by atoms with Crippen molar-refractivity contribution in [3.05, 3.63) is 0 Å². The molecule has 0 amide bonds. The van der Waals surface area contributed by atoms with Gasteiger partial charge in [0.2, 0.25) is 6.29 Å². The summed E-state index contributed by atoms with van der Waals surface area (Å²) in [5, 5.41) is -4.76. The second-order valence-corrected chi connectivity index (χ2v) is 11.4. The lowest BCUT2D eigenvalue weighted by molar-refractivity contribution is -0.205. The Hall–Kier alpha value is -2.43. The average Bonchev–Trinajstić information content (AvgIpc) is 3.39. The van der Waals surface area contributed by atoms with E-state index in [4.69, 9.17) is 28.2 Å². The molecule has 8 atom stereocenters. The largest absolute Gasteiger partial charge is 0.455 e. The number of hydrogen-bond donors (Lipinski definition) is 1. The van der Waals surface area contributed by atoms with Crippen LogP contribution < -0.4 is 0 Å². The molecule has 1 N–H and O–H groups in total. The van der Waals surface area contributed by atoms with Crippen molar-refractivity contribution in [2.45, 2.75) is 95.6 Å². The fourth-order valence-electron chi connectivity index (χ4n) is 4.47. The second kappa shape index (κ2) is 11.0. The fourth-order valence-corrected chi connectivity index (χ4v) is 4.94. The van der Waals surface area contributed by atoms with Gasteiger partial charge in [-0.25, -0.2) is 0 Å². The third-order valence-corrected chi connectivity index (χ3v) is 7.31. The molecular weight excluding hydrogens is 542 g/mol. The summed E-state index contributed by atoms with van der Waals surface area (Å²) in [6.45, 7) is 7.62. The number of carbonyl (C=O) groups excluding carboxylic acids is 4. The van der Waals surface area contributed by atoms with E-state index in [1.165, 1.54) is 0 Å². The summed E-state index contributed by atoms with van der Waals surface area (Å²) in [6.07, 6.45) is -9.26. The Morgan fingerprint density at radius 2 is 1.61 bits per heavy atom. The van der Waals surface area contributed by atoms with Crippen LogP contribution in [0.4, 0.5) is 8.78 Å². The molecule has 0 saturated carbocycles. The molecule has 3 saturated heterocycles. The molecule has 216 valence electrons. The van der Waals surface area contributed by atoms with Gasteiger partial charge in [0.1, 0.15) is 24.0 Å². The molecule has 0 aliphatic carbocycles. The third kappa shape index (κ3) is 5.92. The summed E-state index contributed by atoms with van der Waals surface area (Å²) in [5.74, 6) is -6.20. The Kier molecular flexibility index (Phi) is 8.70. The van der Waals surface area contributed by atoms with Gasteiger partial charge in [-0.05, 0) is 20.8 Å². The molecule has 13 nitrogen and oxygen atoms in total. The second-order valence-electron chi connectivity index (χ2n) is 9.88. The van der Waals surface area contributed by atoms with Crippen LogP contribution >= 0.6 is 0 Å². The summed E-state index contributed by atoms with van der Waals surface area (Å²) in [7, 11) is -5.84. The van der Waals surface area contributed by atoms with Crippen LogP contribution in [0.1, 0.15) is 47.5 Å². The number of fused-ring (bicyclic) bond motifs is 1. The molecule has 3 heterocycles. The van der Waals surface area contributed by atoms with Crippen molar-refractivity contribution in [3.63, 3.8) is 0 Å². The maximum atomic E-state index is 13.5. The van der Waals surface area contributed by atoms with Gasteiger partial charge in [-0.15, -0.1) is 0 Å². The van der Waals surface area contributed by atoms with Crippen LogP contribution in [-0.4, -0.2) is 85.0 Å². The summed E-state index contributed by atoms with van der Waals surface area (Å²) in [4.78, 5) is 49.7. The van der Waals surface area contributed by atoms with Crippen LogP contribution in [0.2, 0.25) is 0 Å². The first-order valence-corrected chi connectivity index (χ1v) is 13.3. The van der Waals surface area contributed by atoms with E-state index in [0.717, 1.165) is 0 Å². The van der Waals surface area contributed by atoms with Crippen molar-refractivity contribution < 1.29 is 69.4 Å². The van der Waals surface area contributed by atoms with Crippen LogP contribution in [0.5, 0.6) is 0 Å². The van der Waals surface area contributed by atoms with Gasteiger partial charge in [0, 0.05) is 5.92 Å². The van der Waals surface area contributed by atoms with Crippen LogP contribution in [-0.2, 0) is 57.7 Å². The maximum Gasteiger partial charge on any atom is 0.405 e. The molecule has 0 aromatic heterocycles. The van der Waals surface area contributed by atoms with E-state index in [1.54, 1.807) is 27.7 Å². The molecule has 3 fully saturated rings. The summed E-state index contributed by atoms with van der Waals surface area (Å²) in [5.41, 5.74) is 0. The average molecular weight is 573 g/mol. The number of esters is 4. The summed E-state index contributed by atoms with van der Waals surface area (Å²) >= 11 is 0. The summed E-state index contributed by atoms with van der Waals surface area (Å²) < 4.78 is 88.9. The van der Waals surface area contributed by atoms with Gasteiger partial charge in [-0.3, -0.25) is 23.7 Å². The van der Waals surface area contributed by atoms with Crippen molar-refractivity contribution in [1.29, 1.82) is 0 Å². The number of carbonyl (C=O) groups is 4. The van der Waals surface area contributed by atoms with Crippen LogP contribution in [0, 0.1) is 17.8 Å². The molecule has 3 aliphatic rings. The SMILES string of the molecule is CC(C)OC(OC(=O)C1C2OC3C(OC(=O)C31)C2OC(=O)CCC(=O)OC(C)C(F)(F)S(=O)(=O)O)C(C)C. The number of alkyl halides is 2. The minimum atomic E-state index is -5.84. The van der Waals surface area contributed by atoms with Gasteiger partial charge < -0.3 is 28.4 Å². The molecule has 8 unspecified atom stereocenters. The Morgan fingerprint density at radius 3 is 2.16 bits per heavy atom. The molecule has 3 rings (SSSR count). The van der Waals surface area contributed by atoms with Gasteiger partial charge in [-0.1, -0.05) is 13.8 Å². The predicted molar refractivity (Wildman–Crippen MR) is 118 cm³/mol. The smallest absolute Gasteiger partial charge is 0.405 e. The molecule has 0 aromatic rings. The standard InChI is InChI=1S/C22H30F2O13S/c1-8(2)21(32-9(3)4)37-20(28)14-13-16-18(36-19(13)27)17(15(14)35-16)34-12(26)7-6-11(25)33-10(5)22(23,24)38(29,30)31/h8-10,13-18,21H,6-7H2,1-5H3,(H,29,30,31). The van der Waals surface area contributed by atoms with Crippen LogP contribution in [0.3, 0.4) is 0 Å². The first kappa shape index (κ1) is 30.1. The normalized spacial score (nSPS) is 29.8. The van der Waals surface area contributed by atoms with E-state index in [1.807, 2.05) is 0 Å². The Balaban J connectivity index is 1.61. The van der Waals surface area contributed by atoms with E-state index < -0.39 is 101 Å². The molecular formula is C22H30F2O13S. The number of ether oxygens (including phenoxy) is 6. The molecule has 2 bridgehead atoms. The lowest BCUT2D eigenvalue weighted by atomic mass is 9.78. The van der Waals surface area contributed by atoms with E-state index >= 15 is 0 Å². The fraction of sp³-hybridized carbons (Fsp3) is 0.818. The van der Waals surface area contributed by atoms with Crippen molar-refractivity contribution in [1.82, 2.24) is 0 Å². The van der Waals surface area contributed by atoms with Gasteiger partial charge in [-0.2, -0.15) is 17.2 Å². The monoisotopic (exact) mass is 572 g/mol. The predicted octanol–water partition coefficient (Wildman–Crippen LogP) is 0.980. The zero-order valence-corrected chi connectivity index (χ0v) is 22.0. The first-order chi connectivity index (χ1) is 17.5. The lowest BCUT2D eigenvalue weighted by Crippen LogP contribution is -2.48. The Morgan fingerprint density at radius 1 is 1.00 bits per heavy atom.